The van der Waals surface area contributed by atoms with Gasteiger partial charge in [-0.05, 0) is 36.8 Å². The predicted octanol–water partition coefficient (Wildman–Crippen LogP) is 2.83. The molecule has 0 atom stereocenters. The number of benzene rings is 1. The first kappa shape index (κ1) is 12.5. The summed E-state index contributed by atoms with van der Waals surface area (Å²) < 4.78 is 7.08. The Bertz CT molecular complexity index is 599. The van der Waals surface area contributed by atoms with Crippen molar-refractivity contribution in [3.05, 3.63) is 39.4 Å². The van der Waals surface area contributed by atoms with Gasteiger partial charge in [-0.3, -0.25) is 0 Å². The van der Waals surface area contributed by atoms with Crippen LogP contribution in [0, 0.1) is 4.91 Å². The highest BCUT2D eigenvalue weighted by molar-refractivity contribution is 7.07. The molecule has 0 aliphatic rings. The summed E-state index contributed by atoms with van der Waals surface area (Å²) in [6, 6.07) is 7.76. The minimum Gasteiger partial charge on any atom is -0.497 e. The van der Waals surface area contributed by atoms with E-state index in [2.05, 4.69) is 10.4 Å². The molecule has 0 fully saturated rings. The number of aromatic nitrogens is 1. The van der Waals surface area contributed by atoms with Crippen LogP contribution >= 0.6 is 11.3 Å². The van der Waals surface area contributed by atoms with Gasteiger partial charge in [0.2, 0.25) is 4.80 Å². The molecule has 0 aliphatic carbocycles. The molecule has 1 heterocycles. The van der Waals surface area contributed by atoms with Crippen molar-refractivity contribution in [2.45, 2.75) is 13.5 Å². The molecule has 0 spiro atoms. The number of hydrogen-bond acceptors (Lipinski definition) is 4. The van der Waals surface area contributed by atoms with Crippen molar-refractivity contribution in [1.29, 1.82) is 0 Å². The molecule has 0 radical (unpaired) electrons. The molecular weight excluding hydrogens is 250 g/mol. The second kappa shape index (κ2) is 5.59. The van der Waals surface area contributed by atoms with Crippen molar-refractivity contribution in [3.63, 3.8) is 0 Å². The van der Waals surface area contributed by atoms with E-state index in [4.69, 9.17) is 4.74 Å². The van der Waals surface area contributed by atoms with Crippen LogP contribution in [0.15, 0.2) is 40.0 Å². The number of hydrogen-bond donors (Lipinski definition) is 0. The van der Waals surface area contributed by atoms with E-state index in [-0.39, 0.29) is 0 Å². The van der Waals surface area contributed by atoms with Crippen LogP contribution in [0.1, 0.15) is 6.92 Å². The lowest BCUT2D eigenvalue weighted by Gasteiger charge is -2.06. The van der Waals surface area contributed by atoms with Gasteiger partial charge in [0, 0.05) is 11.9 Å². The maximum atomic E-state index is 10.2. The van der Waals surface area contributed by atoms with Gasteiger partial charge in [0.05, 0.1) is 18.1 Å². The molecule has 0 saturated carbocycles. The van der Waals surface area contributed by atoms with E-state index in [1.807, 2.05) is 41.1 Å². The fraction of sp³-hybridized carbons (Fsp3) is 0.250. The SMILES string of the molecule is CCn1c(-c2ccc(OC)cc2)cs/c1=N/N=O. The van der Waals surface area contributed by atoms with E-state index in [1.54, 1.807) is 7.11 Å². The van der Waals surface area contributed by atoms with E-state index in [0.717, 1.165) is 23.6 Å². The maximum Gasteiger partial charge on any atom is 0.214 e. The van der Waals surface area contributed by atoms with Gasteiger partial charge in [0.1, 0.15) is 5.75 Å². The zero-order chi connectivity index (χ0) is 13.0. The summed E-state index contributed by atoms with van der Waals surface area (Å²) in [6.07, 6.45) is 0. The number of methoxy groups -OCH3 is 1. The Balaban J connectivity index is 2.49. The van der Waals surface area contributed by atoms with Crippen molar-refractivity contribution in [3.8, 4) is 17.0 Å². The molecule has 6 heteroatoms. The topological polar surface area (TPSA) is 55.9 Å². The van der Waals surface area contributed by atoms with Gasteiger partial charge in [0.15, 0.2) is 0 Å². The molecule has 0 bridgehead atoms. The summed E-state index contributed by atoms with van der Waals surface area (Å²) in [5, 5.41) is 8.14. The molecule has 0 saturated heterocycles. The number of nitroso groups, excluding NO2 is 1. The van der Waals surface area contributed by atoms with Crippen LogP contribution in [0.25, 0.3) is 11.3 Å². The molecule has 1 aromatic heterocycles. The lowest BCUT2D eigenvalue weighted by Crippen LogP contribution is -2.14. The summed E-state index contributed by atoms with van der Waals surface area (Å²) in [7, 11) is 1.64. The third-order valence-electron chi connectivity index (χ3n) is 2.63. The Morgan fingerprint density at radius 1 is 1.33 bits per heavy atom. The first-order chi connectivity index (χ1) is 8.80. The van der Waals surface area contributed by atoms with Crippen LogP contribution < -0.4 is 9.54 Å². The zero-order valence-corrected chi connectivity index (χ0v) is 11.0. The Hall–Kier alpha value is -1.95. The van der Waals surface area contributed by atoms with Gasteiger partial charge in [0.25, 0.3) is 0 Å². The fourth-order valence-corrected chi connectivity index (χ4v) is 2.66. The van der Waals surface area contributed by atoms with E-state index in [0.29, 0.717) is 4.80 Å². The molecular formula is C12H13N3O2S. The number of nitrogens with zero attached hydrogens (tertiary/aromatic N) is 3. The normalized spacial score (nSPS) is 11.6. The molecule has 0 N–H and O–H groups in total. The maximum absolute atomic E-state index is 10.2. The van der Waals surface area contributed by atoms with Gasteiger partial charge in [-0.2, -0.15) is 0 Å². The second-order valence-electron chi connectivity index (χ2n) is 3.56. The standard InChI is InChI=1S/C12H13N3O2S/c1-3-15-11(8-18-12(15)13-14-16)9-4-6-10(17-2)7-5-9/h4-8H,3H2,1-2H3/b13-12+. The largest absolute Gasteiger partial charge is 0.497 e. The minimum atomic E-state index is 0.610. The molecule has 0 amide bonds. The third-order valence-corrected chi connectivity index (χ3v) is 3.48. The molecule has 0 unspecified atom stereocenters. The first-order valence-electron chi connectivity index (χ1n) is 5.49. The van der Waals surface area contributed by atoms with Gasteiger partial charge in [-0.25, -0.2) is 0 Å². The molecule has 0 aliphatic heterocycles. The average Bonchev–Trinajstić information content (AvgIpc) is 2.82. The van der Waals surface area contributed by atoms with E-state index < -0.39 is 0 Å². The predicted molar refractivity (Wildman–Crippen MR) is 71.3 cm³/mol. The number of thiazole rings is 1. The Labute approximate surface area is 108 Å². The summed E-state index contributed by atoms with van der Waals surface area (Å²) in [5.74, 6) is 0.816. The van der Waals surface area contributed by atoms with Crippen LogP contribution in [0.2, 0.25) is 0 Å². The smallest absolute Gasteiger partial charge is 0.214 e. The molecule has 18 heavy (non-hydrogen) atoms. The van der Waals surface area contributed by atoms with Crippen molar-refractivity contribution in [2.24, 2.45) is 10.4 Å². The Morgan fingerprint density at radius 2 is 2.06 bits per heavy atom. The first-order valence-corrected chi connectivity index (χ1v) is 6.37. The van der Waals surface area contributed by atoms with Gasteiger partial charge < -0.3 is 9.30 Å². The quantitative estimate of drug-likeness (QED) is 0.629. The van der Waals surface area contributed by atoms with Crippen LogP contribution in [0.3, 0.4) is 0 Å². The molecule has 94 valence electrons. The molecule has 2 aromatic rings. The summed E-state index contributed by atoms with van der Waals surface area (Å²) in [5.41, 5.74) is 2.08. The zero-order valence-electron chi connectivity index (χ0n) is 10.2. The highest BCUT2D eigenvalue weighted by Gasteiger charge is 2.06. The second-order valence-corrected chi connectivity index (χ2v) is 4.39. The lowest BCUT2D eigenvalue weighted by atomic mass is 10.1. The third kappa shape index (κ3) is 2.33. The van der Waals surface area contributed by atoms with Crippen molar-refractivity contribution in [2.75, 3.05) is 7.11 Å². The van der Waals surface area contributed by atoms with Crippen LogP contribution in [-0.2, 0) is 6.54 Å². The monoisotopic (exact) mass is 263 g/mol. The molecule has 5 nitrogen and oxygen atoms in total. The highest BCUT2D eigenvalue weighted by Crippen LogP contribution is 2.22. The van der Waals surface area contributed by atoms with E-state index in [1.165, 1.54) is 11.3 Å². The molecule has 2 rings (SSSR count). The van der Waals surface area contributed by atoms with Crippen LogP contribution in [0.5, 0.6) is 5.75 Å². The summed E-state index contributed by atoms with van der Waals surface area (Å²) in [4.78, 5) is 10.8. The lowest BCUT2D eigenvalue weighted by molar-refractivity contribution is 0.415. The Kier molecular flexibility index (Phi) is 3.88. The van der Waals surface area contributed by atoms with Crippen molar-refractivity contribution >= 4 is 11.3 Å². The van der Waals surface area contributed by atoms with Crippen LogP contribution in [-0.4, -0.2) is 11.7 Å². The summed E-state index contributed by atoms with van der Waals surface area (Å²) in [6.45, 7) is 2.74. The summed E-state index contributed by atoms with van der Waals surface area (Å²) >= 11 is 1.40. The fourth-order valence-electron chi connectivity index (χ4n) is 1.74. The van der Waals surface area contributed by atoms with Gasteiger partial charge in [-0.15, -0.1) is 16.2 Å². The van der Waals surface area contributed by atoms with Crippen LogP contribution in [0.4, 0.5) is 0 Å². The van der Waals surface area contributed by atoms with E-state index >= 15 is 0 Å². The van der Waals surface area contributed by atoms with E-state index in [9.17, 15) is 4.91 Å². The molecule has 1 aromatic carbocycles. The average molecular weight is 263 g/mol. The van der Waals surface area contributed by atoms with Crippen molar-refractivity contribution < 1.29 is 4.74 Å². The van der Waals surface area contributed by atoms with Gasteiger partial charge in [-0.1, -0.05) is 5.10 Å². The van der Waals surface area contributed by atoms with Gasteiger partial charge >= 0.3 is 0 Å². The Morgan fingerprint density at radius 3 is 2.61 bits per heavy atom. The minimum absolute atomic E-state index is 0.610. The number of rotatable bonds is 4. The highest BCUT2D eigenvalue weighted by atomic mass is 32.1. The van der Waals surface area contributed by atoms with Crippen molar-refractivity contribution in [1.82, 2.24) is 4.57 Å². The number of ether oxygens (including phenoxy) is 1.